The van der Waals surface area contributed by atoms with E-state index in [1.54, 1.807) is 23.1 Å². The van der Waals surface area contributed by atoms with Crippen LogP contribution >= 0.6 is 0 Å². The van der Waals surface area contributed by atoms with E-state index in [2.05, 4.69) is 15.3 Å². The Labute approximate surface area is 145 Å². The Morgan fingerprint density at radius 3 is 2.60 bits per heavy atom. The first-order valence-electron chi connectivity index (χ1n) is 8.22. The quantitative estimate of drug-likeness (QED) is 0.724. The molecule has 0 saturated heterocycles. The normalized spacial score (nSPS) is 10.6. The summed E-state index contributed by atoms with van der Waals surface area (Å²) in [7, 11) is 0. The van der Waals surface area contributed by atoms with Crippen molar-refractivity contribution in [3.63, 3.8) is 0 Å². The van der Waals surface area contributed by atoms with Crippen molar-refractivity contribution in [3.05, 3.63) is 70.5 Å². The number of hydrogen-bond donors (Lipinski definition) is 2. The molecule has 0 radical (unpaired) electrons. The number of aromatic nitrogens is 2. The lowest BCUT2D eigenvalue weighted by Gasteiger charge is -2.21. The van der Waals surface area contributed by atoms with E-state index in [9.17, 15) is 9.59 Å². The van der Waals surface area contributed by atoms with Gasteiger partial charge >= 0.3 is 0 Å². The van der Waals surface area contributed by atoms with Gasteiger partial charge in [-0.3, -0.25) is 14.6 Å². The number of rotatable bonds is 6. The number of hydrogen-bond acceptors (Lipinski definition) is 4. The molecule has 0 aliphatic heterocycles. The van der Waals surface area contributed by atoms with Crippen molar-refractivity contribution < 1.29 is 4.79 Å². The number of carbonyl (C=O) groups is 1. The van der Waals surface area contributed by atoms with E-state index in [1.165, 1.54) is 0 Å². The number of carbonyl (C=O) groups excluding carboxylic acids is 1. The fraction of sp³-hybridized carbons (Fsp3) is 0.211. The molecule has 0 aliphatic rings. The Balaban J connectivity index is 1.67. The number of nitrogens with zero attached hydrogens (tertiary/aromatic N) is 2. The molecule has 1 aromatic heterocycles. The number of aromatic amines is 1. The zero-order valence-electron chi connectivity index (χ0n) is 14.0. The second-order valence-corrected chi connectivity index (χ2v) is 5.68. The fourth-order valence-corrected chi connectivity index (χ4v) is 2.62. The maximum absolute atomic E-state index is 12.4. The van der Waals surface area contributed by atoms with Crippen LogP contribution in [0.25, 0.3) is 10.9 Å². The van der Waals surface area contributed by atoms with E-state index in [0.717, 1.165) is 5.56 Å². The third-order valence-electron chi connectivity index (χ3n) is 3.97. The number of nitrogens with one attached hydrogen (secondary N) is 2. The van der Waals surface area contributed by atoms with Gasteiger partial charge in [0, 0.05) is 13.1 Å². The first-order chi connectivity index (χ1) is 12.2. The van der Waals surface area contributed by atoms with Gasteiger partial charge in [-0.05, 0) is 24.6 Å². The van der Waals surface area contributed by atoms with E-state index < -0.39 is 0 Å². The van der Waals surface area contributed by atoms with E-state index in [1.807, 2.05) is 43.3 Å². The highest BCUT2D eigenvalue weighted by Gasteiger charge is 2.12. The molecule has 25 heavy (non-hydrogen) atoms. The predicted molar refractivity (Wildman–Crippen MR) is 98.4 cm³/mol. The van der Waals surface area contributed by atoms with Crippen LogP contribution in [0.5, 0.6) is 0 Å². The van der Waals surface area contributed by atoms with Gasteiger partial charge in [0.15, 0.2) is 0 Å². The highest BCUT2D eigenvalue weighted by Crippen LogP contribution is 2.08. The molecule has 0 bridgehead atoms. The van der Waals surface area contributed by atoms with E-state index in [4.69, 9.17) is 0 Å². The van der Waals surface area contributed by atoms with Crippen molar-refractivity contribution in [2.75, 3.05) is 18.4 Å². The number of anilines is 1. The second-order valence-electron chi connectivity index (χ2n) is 5.68. The van der Waals surface area contributed by atoms with Crippen molar-refractivity contribution in [2.24, 2.45) is 0 Å². The van der Waals surface area contributed by atoms with Crippen LogP contribution in [-0.2, 0) is 11.3 Å². The van der Waals surface area contributed by atoms with Gasteiger partial charge in [0.05, 0.1) is 17.4 Å². The zero-order valence-corrected chi connectivity index (χ0v) is 14.0. The highest BCUT2D eigenvalue weighted by molar-refractivity contribution is 5.81. The molecule has 2 aromatic carbocycles. The summed E-state index contributed by atoms with van der Waals surface area (Å²) in [5.41, 5.74) is 1.45. The number of fused-ring (bicyclic) bond motifs is 1. The number of amides is 1. The van der Waals surface area contributed by atoms with Gasteiger partial charge < -0.3 is 10.2 Å². The van der Waals surface area contributed by atoms with Gasteiger partial charge in [-0.2, -0.15) is 0 Å². The molecule has 1 heterocycles. The monoisotopic (exact) mass is 336 g/mol. The lowest BCUT2D eigenvalue weighted by Crippen LogP contribution is -2.35. The Kier molecular flexibility index (Phi) is 5.09. The molecule has 0 unspecified atom stereocenters. The molecule has 0 spiro atoms. The summed E-state index contributed by atoms with van der Waals surface area (Å²) >= 11 is 0. The van der Waals surface area contributed by atoms with Gasteiger partial charge in [0.2, 0.25) is 11.9 Å². The van der Waals surface area contributed by atoms with Gasteiger partial charge in [0.25, 0.3) is 5.56 Å². The molecule has 6 nitrogen and oxygen atoms in total. The summed E-state index contributed by atoms with van der Waals surface area (Å²) in [5.74, 6) is 0.245. The van der Waals surface area contributed by atoms with Crippen molar-refractivity contribution >= 4 is 22.8 Å². The molecule has 3 aromatic rings. The lowest BCUT2D eigenvalue weighted by molar-refractivity contribution is -0.129. The number of H-pyrrole nitrogens is 1. The Bertz CT molecular complexity index is 921. The third kappa shape index (κ3) is 4.03. The number of benzene rings is 2. The Morgan fingerprint density at radius 2 is 1.84 bits per heavy atom. The van der Waals surface area contributed by atoms with Crippen molar-refractivity contribution in [3.8, 4) is 0 Å². The molecule has 2 N–H and O–H groups in total. The average molecular weight is 336 g/mol. The molecule has 128 valence electrons. The molecule has 0 fully saturated rings. The Morgan fingerprint density at radius 1 is 1.12 bits per heavy atom. The van der Waals surface area contributed by atoms with Crippen LogP contribution in [0.15, 0.2) is 59.4 Å². The number of likely N-dealkylation sites (N-methyl/N-ethyl adjacent to an activating group) is 1. The fourth-order valence-electron chi connectivity index (χ4n) is 2.62. The minimum absolute atomic E-state index is 0.0536. The van der Waals surface area contributed by atoms with E-state index >= 15 is 0 Å². The first kappa shape index (κ1) is 16.7. The van der Waals surface area contributed by atoms with Gasteiger partial charge in [-0.25, -0.2) is 4.98 Å². The predicted octanol–water partition coefficient (Wildman–Crippen LogP) is 2.38. The number of para-hydroxylation sites is 1. The molecule has 0 aliphatic carbocycles. The van der Waals surface area contributed by atoms with Crippen LogP contribution in [0.4, 0.5) is 5.95 Å². The zero-order chi connectivity index (χ0) is 17.6. The average Bonchev–Trinajstić information content (AvgIpc) is 2.65. The van der Waals surface area contributed by atoms with Gasteiger partial charge in [-0.15, -0.1) is 0 Å². The summed E-state index contributed by atoms with van der Waals surface area (Å²) < 4.78 is 0. The maximum atomic E-state index is 12.4. The topological polar surface area (TPSA) is 78.1 Å². The molecular formula is C19H20N4O2. The molecule has 0 saturated carbocycles. The molecular weight excluding hydrogens is 316 g/mol. The summed E-state index contributed by atoms with van der Waals surface area (Å²) in [6, 6.07) is 16.9. The molecule has 1 amide bonds. The smallest absolute Gasteiger partial charge is 0.260 e. The minimum atomic E-state index is -0.225. The van der Waals surface area contributed by atoms with Crippen LogP contribution in [0.1, 0.15) is 12.5 Å². The SMILES string of the molecule is CCN(Cc1ccccc1)C(=O)CNc1nc2ccccc2c(=O)[nH]1. The summed E-state index contributed by atoms with van der Waals surface area (Å²) in [6.45, 7) is 3.18. The minimum Gasteiger partial charge on any atom is -0.347 e. The van der Waals surface area contributed by atoms with E-state index in [0.29, 0.717) is 29.9 Å². The lowest BCUT2D eigenvalue weighted by atomic mass is 10.2. The summed E-state index contributed by atoms with van der Waals surface area (Å²) in [4.78, 5) is 33.2. The van der Waals surface area contributed by atoms with Gasteiger partial charge in [0.1, 0.15) is 0 Å². The summed E-state index contributed by atoms with van der Waals surface area (Å²) in [5, 5.41) is 3.45. The van der Waals surface area contributed by atoms with Gasteiger partial charge in [-0.1, -0.05) is 42.5 Å². The standard InChI is InChI=1S/C19H20N4O2/c1-2-23(13-14-8-4-3-5-9-14)17(24)12-20-19-21-16-11-7-6-10-15(16)18(25)22-19/h3-11H,2,12-13H2,1H3,(H2,20,21,22,25). The maximum Gasteiger partial charge on any atom is 0.260 e. The van der Waals surface area contributed by atoms with Crippen LogP contribution in [0.2, 0.25) is 0 Å². The molecule has 3 rings (SSSR count). The largest absolute Gasteiger partial charge is 0.347 e. The Hall–Kier alpha value is -3.15. The molecule has 6 heteroatoms. The summed E-state index contributed by atoms with van der Waals surface area (Å²) in [6.07, 6.45) is 0. The third-order valence-corrected chi connectivity index (χ3v) is 3.97. The second kappa shape index (κ2) is 7.61. The first-order valence-corrected chi connectivity index (χ1v) is 8.22. The van der Waals surface area contributed by atoms with Crippen molar-refractivity contribution in [1.29, 1.82) is 0 Å². The highest BCUT2D eigenvalue weighted by atomic mass is 16.2. The molecule has 0 atom stereocenters. The van der Waals surface area contributed by atoms with Crippen LogP contribution in [0, 0.1) is 0 Å². The van der Waals surface area contributed by atoms with Crippen molar-refractivity contribution in [2.45, 2.75) is 13.5 Å². The van der Waals surface area contributed by atoms with Crippen molar-refractivity contribution in [1.82, 2.24) is 14.9 Å². The van der Waals surface area contributed by atoms with Crippen LogP contribution in [0.3, 0.4) is 0 Å². The van der Waals surface area contributed by atoms with E-state index in [-0.39, 0.29) is 18.0 Å². The van der Waals surface area contributed by atoms with Crippen LogP contribution < -0.4 is 10.9 Å². The van der Waals surface area contributed by atoms with Crippen LogP contribution in [-0.4, -0.2) is 33.9 Å².